The molecule has 0 saturated heterocycles. The van der Waals surface area contributed by atoms with E-state index in [2.05, 4.69) is 5.32 Å². The highest BCUT2D eigenvalue weighted by Crippen LogP contribution is 2.38. The number of hydrogen-bond acceptors (Lipinski definition) is 6. The van der Waals surface area contributed by atoms with Crippen molar-refractivity contribution in [2.45, 2.75) is 19.9 Å². The summed E-state index contributed by atoms with van der Waals surface area (Å²) in [5.41, 5.74) is 0.669. The highest BCUT2D eigenvalue weighted by atomic mass is 32.1. The molecule has 0 spiro atoms. The molecule has 0 aromatic carbocycles. The number of thiophene rings is 1. The van der Waals surface area contributed by atoms with Crippen LogP contribution in [0.3, 0.4) is 0 Å². The van der Waals surface area contributed by atoms with E-state index in [4.69, 9.17) is 4.74 Å². The van der Waals surface area contributed by atoms with Crippen molar-refractivity contribution < 1.29 is 19.4 Å². The maximum atomic E-state index is 11.8. The van der Waals surface area contributed by atoms with Crippen molar-refractivity contribution in [1.82, 2.24) is 0 Å². The Morgan fingerprint density at radius 3 is 3.00 bits per heavy atom. The summed E-state index contributed by atoms with van der Waals surface area (Å²) >= 11 is 1.24. The monoisotopic (exact) mass is 267 g/mol. The summed E-state index contributed by atoms with van der Waals surface area (Å²) in [5.74, 6) is -0.654. The first-order chi connectivity index (χ1) is 8.58. The van der Waals surface area contributed by atoms with E-state index >= 15 is 0 Å². The average Bonchev–Trinajstić information content (AvgIpc) is 2.72. The van der Waals surface area contributed by atoms with Gasteiger partial charge < -0.3 is 15.2 Å². The van der Waals surface area contributed by atoms with Crippen molar-refractivity contribution in [2.75, 3.05) is 11.9 Å². The van der Waals surface area contributed by atoms with E-state index in [1.54, 1.807) is 19.9 Å². The van der Waals surface area contributed by atoms with Crippen LogP contribution >= 0.6 is 11.3 Å². The van der Waals surface area contributed by atoms with E-state index in [1.807, 2.05) is 0 Å². The highest BCUT2D eigenvalue weighted by molar-refractivity contribution is 7.18. The van der Waals surface area contributed by atoms with Crippen LogP contribution in [-0.4, -0.2) is 30.0 Å². The SMILES string of the molecule is CCOC(=O)C1=C(O)c2cc(C=O)sc2NC1C. The Kier molecular flexibility index (Phi) is 3.38. The number of carbonyl (C=O) groups is 2. The predicted molar refractivity (Wildman–Crippen MR) is 69.0 cm³/mol. The molecule has 0 radical (unpaired) electrons. The average molecular weight is 267 g/mol. The molecule has 1 aliphatic heterocycles. The smallest absolute Gasteiger partial charge is 0.339 e. The third-order valence-electron chi connectivity index (χ3n) is 2.65. The molecule has 1 aliphatic rings. The van der Waals surface area contributed by atoms with Crippen molar-refractivity contribution in [3.05, 3.63) is 22.1 Å². The van der Waals surface area contributed by atoms with Gasteiger partial charge in [-0.15, -0.1) is 11.3 Å². The van der Waals surface area contributed by atoms with Crippen molar-refractivity contribution >= 4 is 34.4 Å². The fourth-order valence-corrected chi connectivity index (χ4v) is 2.81. The number of ether oxygens (including phenoxy) is 1. The molecule has 0 amide bonds. The molecule has 1 atom stereocenters. The predicted octanol–water partition coefficient (Wildman–Crippen LogP) is 2.21. The van der Waals surface area contributed by atoms with Gasteiger partial charge in [0, 0.05) is 0 Å². The Morgan fingerprint density at radius 2 is 2.39 bits per heavy atom. The minimum Gasteiger partial charge on any atom is -0.507 e. The summed E-state index contributed by atoms with van der Waals surface area (Å²) in [6.45, 7) is 3.71. The van der Waals surface area contributed by atoms with Gasteiger partial charge in [0.2, 0.25) is 0 Å². The summed E-state index contributed by atoms with van der Waals surface area (Å²) in [4.78, 5) is 23.0. The molecule has 6 heteroatoms. The van der Waals surface area contributed by atoms with Gasteiger partial charge in [-0.1, -0.05) is 0 Å². The van der Waals surface area contributed by atoms with Crippen LogP contribution in [0.5, 0.6) is 0 Å². The summed E-state index contributed by atoms with van der Waals surface area (Å²) in [6, 6.07) is 1.20. The van der Waals surface area contributed by atoms with Crippen LogP contribution < -0.4 is 5.32 Å². The maximum absolute atomic E-state index is 11.8. The molecule has 5 nitrogen and oxygen atoms in total. The van der Waals surface area contributed by atoms with Crippen LogP contribution in [0, 0.1) is 0 Å². The molecular weight excluding hydrogens is 254 g/mol. The Bertz CT molecular complexity index is 532. The number of carbonyl (C=O) groups excluding carboxylic acids is 2. The van der Waals surface area contributed by atoms with Crippen LogP contribution in [0.15, 0.2) is 11.6 Å². The molecular formula is C12H13NO4S. The largest absolute Gasteiger partial charge is 0.507 e. The Labute approximate surface area is 108 Å². The molecule has 1 aromatic rings. The molecule has 2 rings (SSSR count). The lowest BCUT2D eigenvalue weighted by Crippen LogP contribution is -2.29. The number of fused-ring (bicyclic) bond motifs is 1. The van der Waals surface area contributed by atoms with E-state index in [-0.39, 0.29) is 24.0 Å². The Balaban J connectivity index is 2.47. The van der Waals surface area contributed by atoms with Crippen LogP contribution in [0.2, 0.25) is 0 Å². The van der Waals surface area contributed by atoms with E-state index in [1.165, 1.54) is 11.3 Å². The number of esters is 1. The van der Waals surface area contributed by atoms with Gasteiger partial charge in [-0.25, -0.2) is 4.79 Å². The number of aliphatic hydroxyl groups is 1. The summed E-state index contributed by atoms with van der Waals surface area (Å²) < 4.78 is 4.91. The third-order valence-corrected chi connectivity index (χ3v) is 3.65. The second-order valence-electron chi connectivity index (χ2n) is 3.86. The number of anilines is 1. The molecule has 2 N–H and O–H groups in total. The quantitative estimate of drug-likeness (QED) is 0.648. The van der Waals surface area contributed by atoms with Crippen molar-refractivity contribution in [1.29, 1.82) is 0 Å². The summed E-state index contributed by atoms with van der Waals surface area (Å²) in [5, 5.41) is 13.9. The lowest BCUT2D eigenvalue weighted by atomic mass is 10.0. The second kappa shape index (κ2) is 4.81. The van der Waals surface area contributed by atoms with E-state index < -0.39 is 5.97 Å². The van der Waals surface area contributed by atoms with Crippen molar-refractivity contribution in [2.24, 2.45) is 0 Å². The molecule has 0 aliphatic carbocycles. The normalized spacial score (nSPS) is 18.0. The van der Waals surface area contributed by atoms with Gasteiger partial charge in [0.25, 0.3) is 0 Å². The topological polar surface area (TPSA) is 75.6 Å². The molecule has 2 heterocycles. The van der Waals surface area contributed by atoms with Gasteiger partial charge in [-0.2, -0.15) is 0 Å². The van der Waals surface area contributed by atoms with Crippen LogP contribution in [0.25, 0.3) is 5.76 Å². The Morgan fingerprint density at radius 1 is 1.67 bits per heavy atom. The molecule has 1 unspecified atom stereocenters. The first-order valence-electron chi connectivity index (χ1n) is 5.54. The maximum Gasteiger partial charge on any atom is 0.339 e. The third kappa shape index (κ3) is 1.99. The summed E-state index contributed by atoms with van der Waals surface area (Å²) in [7, 11) is 0. The van der Waals surface area contributed by atoms with E-state index in [0.29, 0.717) is 21.7 Å². The number of aliphatic hydroxyl groups excluding tert-OH is 1. The fraction of sp³-hybridized carbons (Fsp3) is 0.333. The van der Waals surface area contributed by atoms with Crippen molar-refractivity contribution in [3.63, 3.8) is 0 Å². The van der Waals surface area contributed by atoms with Crippen LogP contribution in [0.1, 0.15) is 29.1 Å². The van der Waals surface area contributed by atoms with Gasteiger partial charge in [0.1, 0.15) is 16.3 Å². The lowest BCUT2D eigenvalue weighted by molar-refractivity contribution is -0.138. The number of aldehydes is 1. The molecule has 0 bridgehead atoms. The molecule has 18 heavy (non-hydrogen) atoms. The van der Waals surface area contributed by atoms with Gasteiger partial charge >= 0.3 is 5.97 Å². The highest BCUT2D eigenvalue weighted by Gasteiger charge is 2.31. The number of hydrogen-bond donors (Lipinski definition) is 2. The van der Waals surface area contributed by atoms with Gasteiger partial charge in [-0.05, 0) is 19.9 Å². The minimum atomic E-state index is -0.542. The number of rotatable bonds is 3. The zero-order valence-electron chi connectivity index (χ0n) is 10.0. The van der Waals surface area contributed by atoms with Crippen molar-refractivity contribution in [3.8, 4) is 0 Å². The standard InChI is InChI=1S/C12H13NO4S/c1-3-17-12(16)9-6(2)13-11-8(10(9)15)4-7(5-14)18-11/h4-6,13,15H,3H2,1-2H3. The second-order valence-corrected chi connectivity index (χ2v) is 4.94. The zero-order chi connectivity index (χ0) is 13.3. The molecule has 0 fully saturated rings. The first-order valence-corrected chi connectivity index (χ1v) is 6.36. The van der Waals surface area contributed by atoms with Gasteiger partial charge in [-0.3, -0.25) is 4.79 Å². The van der Waals surface area contributed by atoms with Crippen LogP contribution in [0.4, 0.5) is 5.00 Å². The molecule has 96 valence electrons. The fourth-order valence-electron chi connectivity index (χ4n) is 1.85. The zero-order valence-corrected chi connectivity index (χ0v) is 10.8. The van der Waals surface area contributed by atoms with Gasteiger partial charge in [0.15, 0.2) is 6.29 Å². The van der Waals surface area contributed by atoms with Gasteiger partial charge in [0.05, 0.1) is 23.1 Å². The lowest BCUT2D eigenvalue weighted by Gasteiger charge is -2.23. The number of nitrogens with one attached hydrogen (secondary N) is 1. The van der Waals surface area contributed by atoms with Crippen LogP contribution in [-0.2, 0) is 9.53 Å². The minimum absolute atomic E-state index is 0.112. The van der Waals surface area contributed by atoms with E-state index in [0.717, 1.165) is 0 Å². The van der Waals surface area contributed by atoms with E-state index in [9.17, 15) is 14.7 Å². The molecule has 1 aromatic heterocycles. The Hall–Kier alpha value is -1.82. The molecule has 0 saturated carbocycles. The first kappa shape index (κ1) is 12.6. The summed E-state index contributed by atoms with van der Waals surface area (Å²) in [6.07, 6.45) is 0.715.